The maximum absolute atomic E-state index is 15.4. The van der Waals surface area contributed by atoms with Gasteiger partial charge in [0, 0.05) is 11.1 Å². The van der Waals surface area contributed by atoms with Crippen LogP contribution in [-0.2, 0) is 26.2 Å². The maximum Gasteiger partial charge on any atom is 0.628 e. The molecule has 0 aliphatic carbocycles. The first-order valence-corrected chi connectivity index (χ1v) is 13.0. The Hall–Kier alpha value is -1.80. The van der Waals surface area contributed by atoms with Crippen molar-refractivity contribution in [2.24, 2.45) is 0 Å². The van der Waals surface area contributed by atoms with Gasteiger partial charge in [0.1, 0.15) is 11.5 Å². The van der Waals surface area contributed by atoms with Crippen molar-refractivity contribution in [2.45, 2.75) is 105 Å². The Morgan fingerprint density at radius 2 is 0.879 bits per heavy atom. The number of rotatable bonds is 4. The van der Waals surface area contributed by atoms with Gasteiger partial charge < -0.3 is 9.05 Å². The van der Waals surface area contributed by atoms with E-state index in [9.17, 15) is 4.57 Å². The fourth-order valence-electron chi connectivity index (χ4n) is 3.58. The van der Waals surface area contributed by atoms with Crippen LogP contribution in [-0.4, -0.2) is 0 Å². The Balaban J connectivity index is 2.49. The van der Waals surface area contributed by atoms with E-state index in [4.69, 9.17) is 9.05 Å². The SMILES string of the molecule is CC(C)(C)c1ccc(OP(=O)(F)Oc2ccc(C(C)(C)C)cc2C(C)(C)C)c(C(C)(C)C)c1. The molecule has 0 aliphatic rings. The molecule has 184 valence electrons. The summed E-state index contributed by atoms with van der Waals surface area (Å²) in [6.07, 6.45) is 0. The van der Waals surface area contributed by atoms with Crippen LogP contribution in [0.1, 0.15) is 105 Å². The van der Waals surface area contributed by atoms with Crippen LogP contribution in [0.4, 0.5) is 4.20 Å². The van der Waals surface area contributed by atoms with E-state index < -0.39 is 7.91 Å². The highest BCUT2D eigenvalue weighted by Crippen LogP contribution is 2.53. The third-order valence-electron chi connectivity index (χ3n) is 5.72. The summed E-state index contributed by atoms with van der Waals surface area (Å²) in [5.41, 5.74) is 2.95. The summed E-state index contributed by atoms with van der Waals surface area (Å²) in [5.74, 6) is 0.481. The molecule has 0 spiro atoms. The summed E-state index contributed by atoms with van der Waals surface area (Å²) in [6, 6.07) is 11.2. The van der Waals surface area contributed by atoms with Crippen molar-refractivity contribution in [2.75, 3.05) is 0 Å². The predicted molar refractivity (Wildman–Crippen MR) is 138 cm³/mol. The molecule has 0 saturated heterocycles. The van der Waals surface area contributed by atoms with E-state index in [0.717, 1.165) is 22.3 Å². The van der Waals surface area contributed by atoms with Crippen LogP contribution in [0.2, 0.25) is 0 Å². The van der Waals surface area contributed by atoms with Crippen molar-refractivity contribution >= 4 is 7.91 Å². The van der Waals surface area contributed by atoms with E-state index in [-0.39, 0.29) is 33.2 Å². The molecule has 33 heavy (non-hydrogen) atoms. The lowest BCUT2D eigenvalue weighted by Gasteiger charge is -2.28. The van der Waals surface area contributed by atoms with Gasteiger partial charge in [-0.2, -0.15) is 0 Å². The van der Waals surface area contributed by atoms with Crippen molar-refractivity contribution in [1.29, 1.82) is 0 Å². The lowest BCUT2D eigenvalue weighted by molar-refractivity contribution is 0.330. The quantitative estimate of drug-likeness (QED) is 0.412. The van der Waals surface area contributed by atoms with Gasteiger partial charge in [0.2, 0.25) is 0 Å². The highest BCUT2D eigenvalue weighted by Gasteiger charge is 2.34. The summed E-state index contributed by atoms with van der Waals surface area (Å²) in [5, 5.41) is 0. The first-order valence-electron chi connectivity index (χ1n) is 11.6. The fraction of sp³-hybridized carbons (Fsp3) is 0.571. The molecule has 0 fully saturated rings. The van der Waals surface area contributed by atoms with Gasteiger partial charge in [0.05, 0.1) is 0 Å². The number of halogens is 1. The van der Waals surface area contributed by atoms with Crippen molar-refractivity contribution in [1.82, 2.24) is 0 Å². The minimum absolute atomic E-state index is 0.0785. The zero-order chi connectivity index (χ0) is 25.6. The third-order valence-corrected chi connectivity index (χ3v) is 6.55. The lowest BCUT2D eigenvalue weighted by atomic mass is 9.80. The molecule has 0 amide bonds. The average Bonchev–Trinajstić information content (AvgIpc) is 2.57. The molecule has 0 heterocycles. The summed E-state index contributed by atoms with van der Waals surface area (Å²) in [7, 11) is -4.94. The smallest absolute Gasteiger partial charge is 0.392 e. The molecule has 0 bridgehead atoms. The van der Waals surface area contributed by atoms with Crippen molar-refractivity contribution in [3.63, 3.8) is 0 Å². The molecule has 2 aromatic carbocycles. The van der Waals surface area contributed by atoms with E-state index in [1.54, 1.807) is 12.1 Å². The Kier molecular flexibility index (Phi) is 7.29. The van der Waals surface area contributed by atoms with Crippen LogP contribution < -0.4 is 9.05 Å². The van der Waals surface area contributed by atoms with Gasteiger partial charge in [-0.05, 0) is 44.9 Å². The standard InChI is InChI=1S/C28H42FO3P/c1-25(2,3)19-13-15-23(21(17-19)27(7,8)9)31-33(29,30)32-24-16-14-20(26(4,5)6)18-22(24)28(10,11)12/h13-18H,1-12H3. The van der Waals surface area contributed by atoms with E-state index in [1.807, 2.05) is 65.8 Å². The topological polar surface area (TPSA) is 35.5 Å². The molecule has 2 aromatic rings. The Bertz CT molecular complexity index is 963. The first kappa shape index (κ1) is 27.4. The first-order chi connectivity index (χ1) is 14.6. The van der Waals surface area contributed by atoms with Gasteiger partial charge in [-0.1, -0.05) is 107 Å². The molecule has 0 saturated carbocycles. The molecule has 3 nitrogen and oxygen atoms in total. The predicted octanol–water partition coefficient (Wildman–Crippen LogP) is 9.41. The van der Waals surface area contributed by atoms with Crippen LogP contribution >= 0.6 is 7.91 Å². The Morgan fingerprint density at radius 3 is 1.12 bits per heavy atom. The molecule has 0 unspecified atom stereocenters. The van der Waals surface area contributed by atoms with Gasteiger partial charge >= 0.3 is 7.91 Å². The van der Waals surface area contributed by atoms with E-state index in [2.05, 4.69) is 41.5 Å². The zero-order valence-corrected chi connectivity index (χ0v) is 23.4. The van der Waals surface area contributed by atoms with Gasteiger partial charge in [0.15, 0.2) is 0 Å². The molecular weight excluding hydrogens is 434 g/mol. The molecule has 2 rings (SSSR count). The highest BCUT2D eigenvalue weighted by molar-refractivity contribution is 7.48. The van der Waals surface area contributed by atoms with Crippen LogP contribution in [0.15, 0.2) is 36.4 Å². The molecule has 0 radical (unpaired) electrons. The zero-order valence-electron chi connectivity index (χ0n) is 22.5. The second kappa shape index (κ2) is 8.77. The summed E-state index contributed by atoms with van der Waals surface area (Å²) in [4.78, 5) is 0. The molecule has 0 aliphatic heterocycles. The van der Waals surface area contributed by atoms with E-state index >= 15 is 4.20 Å². The Labute approximate surface area is 200 Å². The monoisotopic (exact) mass is 476 g/mol. The number of hydrogen-bond donors (Lipinski definition) is 0. The summed E-state index contributed by atoms with van der Waals surface area (Å²) >= 11 is 0. The molecule has 0 atom stereocenters. The van der Waals surface area contributed by atoms with E-state index in [1.165, 1.54) is 0 Å². The summed E-state index contributed by atoms with van der Waals surface area (Å²) < 4.78 is 39.3. The van der Waals surface area contributed by atoms with Gasteiger partial charge in [-0.3, -0.25) is 0 Å². The minimum Gasteiger partial charge on any atom is -0.392 e. The van der Waals surface area contributed by atoms with Crippen molar-refractivity contribution in [3.05, 3.63) is 58.7 Å². The van der Waals surface area contributed by atoms with Crippen LogP contribution in [0.5, 0.6) is 11.5 Å². The molecule has 0 N–H and O–H groups in total. The van der Waals surface area contributed by atoms with Crippen LogP contribution in [0.3, 0.4) is 0 Å². The third kappa shape index (κ3) is 7.09. The molecule has 5 heteroatoms. The minimum atomic E-state index is -4.94. The average molecular weight is 477 g/mol. The Morgan fingerprint density at radius 1 is 0.576 bits per heavy atom. The van der Waals surface area contributed by atoms with E-state index in [0.29, 0.717) is 0 Å². The lowest BCUT2D eigenvalue weighted by Crippen LogP contribution is -2.18. The second-order valence-electron chi connectivity index (χ2n) is 13.0. The van der Waals surface area contributed by atoms with Crippen molar-refractivity contribution < 1.29 is 17.8 Å². The summed E-state index contributed by atoms with van der Waals surface area (Å²) in [6.45, 7) is 24.8. The number of hydrogen-bond acceptors (Lipinski definition) is 3. The number of benzene rings is 2. The van der Waals surface area contributed by atoms with Gasteiger partial charge in [-0.15, -0.1) is 4.20 Å². The molecular formula is C28H42FO3P. The van der Waals surface area contributed by atoms with Crippen LogP contribution in [0.25, 0.3) is 0 Å². The second-order valence-corrected chi connectivity index (χ2v) is 14.3. The fourth-order valence-corrected chi connectivity index (χ4v) is 4.40. The normalized spacial score (nSPS) is 13.7. The van der Waals surface area contributed by atoms with Crippen molar-refractivity contribution in [3.8, 4) is 11.5 Å². The van der Waals surface area contributed by atoms with Crippen LogP contribution in [0, 0.1) is 0 Å². The largest absolute Gasteiger partial charge is 0.628 e. The maximum atomic E-state index is 15.4. The van der Waals surface area contributed by atoms with Gasteiger partial charge in [-0.25, -0.2) is 4.57 Å². The highest BCUT2D eigenvalue weighted by atomic mass is 31.2. The molecule has 0 aromatic heterocycles. The van der Waals surface area contributed by atoms with Gasteiger partial charge in [0.25, 0.3) is 0 Å².